The molecule has 0 aliphatic carbocycles. The first kappa shape index (κ1) is 10.9. The van der Waals surface area contributed by atoms with Gasteiger partial charge in [-0.25, -0.2) is 0 Å². The molecule has 0 aromatic rings. The topological polar surface area (TPSA) is 35.5 Å². The molecule has 3 heteroatoms. The van der Waals surface area contributed by atoms with Gasteiger partial charge in [0.2, 0.25) is 0 Å². The number of nitrogens with zero attached hydrogens (tertiary/aromatic N) is 1. The van der Waals surface area contributed by atoms with Crippen LogP contribution in [0.2, 0.25) is 0 Å². The van der Waals surface area contributed by atoms with E-state index in [1.54, 1.807) is 0 Å². The smallest absolute Gasteiger partial charge is 0.0431 e. The molecule has 11 heavy (non-hydrogen) atoms. The molecule has 0 amide bonds. The summed E-state index contributed by atoms with van der Waals surface area (Å²) in [5.74, 6) is 0. The Morgan fingerprint density at radius 1 is 1.45 bits per heavy atom. The summed E-state index contributed by atoms with van der Waals surface area (Å²) in [6.07, 6.45) is 1.95. The minimum atomic E-state index is 0.300. The van der Waals surface area contributed by atoms with Crippen LogP contribution in [0.3, 0.4) is 0 Å². The zero-order chi connectivity index (χ0) is 8.69. The third kappa shape index (κ3) is 5.18. The van der Waals surface area contributed by atoms with Crippen molar-refractivity contribution in [2.45, 2.75) is 18.9 Å². The maximum absolute atomic E-state index is 8.63. The Bertz CT molecular complexity index is 86.2. The van der Waals surface area contributed by atoms with Crippen LogP contribution >= 0.6 is 0 Å². The third-order valence-electron chi connectivity index (χ3n) is 1.87. The molecule has 2 N–H and O–H groups in total. The van der Waals surface area contributed by atoms with Gasteiger partial charge < -0.3 is 15.3 Å². The predicted octanol–water partition coefficient (Wildman–Crippen LogP) is -0.0915. The van der Waals surface area contributed by atoms with Crippen molar-refractivity contribution in [2.75, 3.05) is 34.3 Å². The van der Waals surface area contributed by atoms with Crippen molar-refractivity contribution < 1.29 is 5.11 Å². The van der Waals surface area contributed by atoms with Gasteiger partial charge in [-0.3, -0.25) is 0 Å². The van der Waals surface area contributed by atoms with Crippen molar-refractivity contribution in [3.8, 4) is 0 Å². The van der Waals surface area contributed by atoms with Gasteiger partial charge in [-0.15, -0.1) is 0 Å². The molecule has 0 radical (unpaired) electrons. The predicted molar refractivity (Wildman–Crippen MR) is 47.7 cm³/mol. The van der Waals surface area contributed by atoms with E-state index < -0.39 is 0 Å². The Hall–Kier alpha value is -0.120. The van der Waals surface area contributed by atoms with Crippen LogP contribution in [0.25, 0.3) is 0 Å². The Morgan fingerprint density at radius 3 is 2.45 bits per heavy atom. The summed E-state index contributed by atoms with van der Waals surface area (Å²) < 4.78 is 0. The van der Waals surface area contributed by atoms with Crippen LogP contribution in [0.15, 0.2) is 0 Å². The molecule has 0 aliphatic rings. The summed E-state index contributed by atoms with van der Waals surface area (Å²) in [7, 11) is 6.09. The molecule has 0 aliphatic heterocycles. The Labute approximate surface area is 69.4 Å². The largest absolute Gasteiger partial charge is 0.396 e. The molecule has 0 aromatic heterocycles. The van der Waals surface area contributed by atoms with Gasteiger partial charge in [-0.1, -0.05) is 0 Å². The van der Waals surface area contributed by atoms with Crippen LogP contribution in [0.5, 0.6) is 0 Å². The molecule has 1 atom stereocenters. The minimum Gasteiger partial charge on any atom is -0.396 e. The summed E-state index contributed by atoms with van der Waals surface area (Å²) in [5.41, 5.74) is 0. The van der Waals surface area contributed by atoms with Crippen LogP contribution in [0.4, 0.5) is 0 Å². The second-order valence-corrected chi connectivity index (χ2v) is 3.04. The minimum absolute atomic E-state index is 0.300. The van der Waals surface area contributed by atoms with E-state index in [9.17, 15) is 0 Å². The van der Waals surface area contributed by atoms with E-state index in [1.165, 1.54) is 0 Å². The normalized spacial score (nSPS) is 13.9. The number of rotatable bonds is 6. The Kier molecular flexibility index (Phi) is 6.51. The van der Waals surface area contributed by atoms with Crippen molar-refractivity contribution >= 4 is 0 Å². The van der Waals surface area contributed by atoms with E-state index in [0.717, 1.165) is 19.4 Å². The Morgan fingerprint density at radius 2 is 2.09 bits per heavy atom. The van der Waals surface area contributed by atoms with Gasteiger partial charge in [0, 0.05) is 19.2 Å². The molecule has 0 fully saturated rings. The molecule has 1 unspecified atom stereocenters. The van der Waals surface area contributed by atoms with Crippen LogP contribution in [0.1, 0.15) is 12.8 Å². The third-order valence-corrected chi connectivity index (χ3v) is 1.87. The fourth-order valence-electron chi connectivity index (χ4n) is 1.11. The number of hydrogen-bond acceptors (Lipinski definition) is 3. The average Bonchev–Trinajstić information content (AvgIpc) is 1.97. The first-order chi connectivity index (χ1) is 5.22. The number of likely N-dealkylation sites (N-methyl/N-ethyl adjacent to an activating group) is 2. The summed E-state index contributed by atoms with van der Waals surface area (Å²) in [6.45, 7) is 1.29. The number of nitrogens with one attached hydrogen (secondary N) is 1. The second kappa shape index (κ2) is 6.58. The lowest BCUT2D eigenvalue weighted by Gasteiger charge is -2.23. The van der Waals surface area contributed by atoms with E-state index in [0.29, 0.717) is 12.6 Å². The lowest BCUT2D eigenvalue weighted by Crippen LogP contribution is -2.36. The van der Waals surface area contributed by atoms with Crippen molar-refractivity contribution in [1.29, 1.82) is 0 Å². The van der Waals surface area contributed by atoms with Crippen molar-refractivity contribution in [3.63, 3.8) is 0 Å². The Balaban J connectivity index is 3.51. The first-order valence-electron chi connectivity index (χ1n) is 4.14. The molecule has 0 rings (SSSR count). The second-order valence-electron chi connectivity index (χ2n) is 3.04. The highest BCUT2D eigenvalue weighted by molar-refractivity contribution is 4.67. The lowest BCUT2D eigenvalue weighted by atomic mass is 10.1. The van der Waals surface area contributed by atoms with Crippen LogP contribution in [-0.2, 0) is 0 Å². The highest BCUT2D eigenvalue weighted by Crippen LogP contribution is 2.00. The lowest BCUT2D eigenvalue weighted by molar-refractivity contribution is 0.231. The monoisotopic (exact) mass is 160 g/mol. The van der Waals surface area contributed by atoms with Gasteiger partial charge in [0.25, 0.3) is 0 Å². The summed E-state index contributed by atoms with van der Waals surface area (Å²) in [5, 5.41) is 11.8. The molecular weight excluding hydrogens is 140 g/mol. The van der Waals surface area contributed by atoms with Gasteiger partial charge in [-0.05, 0) is 34.0 Å². The molecule has 68 valence electrons. The molecule has 0 aromatic carbocycles. The average molecular weight is 160 g/mol. The molecule has 0 saturated carbocycles. The van der Waals surface area contributed by atoms with Gasteiger partial charge in [0.1, 0.15) is 0 Å². The molecule has 3 nitrogen and oxygen atoms in total. The molecule has 0 bridgehead atoms. The summed E-state index contributed by atoms with van der Waals surface area (Å²) >= 11 is 0. The highest BCUT2D eigenvalue weighted by atomic mass is 16.2. The highest BCUT2D eigenvalue weighted by Gasteiger charge is 2.08. The molecular formula is C8H20N2O. The van der Waals surface area contributed by atoms with Crippen molar-refractivity contribution in [1.82, 2.24) is 10.2 Å². The number of aliphatic hydroxyl groups is 1. The number of aliphatic hydroxyl groups excluding tert-OH is 1. The number of hydrogen-bond donors (Lipinski definition) is 2. The van der Waals surface area contributed by atoms with E-state index in [-0.39, 0.29) is 0 Å². The SMILES string of the molecule is CNCC(CCCO)N(C)C. The summed E-state index contributed by atoms with van der Waals surface area (Å²) in [4.78, 5) is 2.19. The maximum atomic E-state index is 8.63. The molecule has 0 spiro atoms. The van der Waals surface area contributed by atoms with E-state index in [2.05, 4.69) is 24.3 Å². The van der Waals surface area contributed by atoms with E-state index >= 15 is 0 Å². The first-order valence-corrected chi connectivity index (χ1v) is 4.14. The molecule has 0 heterocycles. The van der Waals surface area contributed by atoms with Gasteiger partial charge in [0.15, 0.2) is 0 Å². The fourth-order valence-corrected chi connectivity index (χ4v) is 1.11. The zero-order valence-corrected chi connectivity index (χ0v) is 7.80. The van der Waals surface area contributed by atoms with Gasteiger partial charge >= 0.3 is 0 Å². The fraction of sp³-hybridized carbons (Fsp3) is 1.00. The van der Waals surface area contributed by atoms with Crippen LogP contribution in [-0.4, -0.2) is 50.3 Å². The van der Waals surface area contributed by atoms with Gasteiger partial charge in [-0.2, -0.15) is 0 Å². The molecule has 0 saturated heterocycles. The zero-order valence-electron chi connectivity index (χ0n) is 7.80. The van der Waals surface area contributed by atoms with E-state index in [4.69, 9.17) is 5.11 Å². The van der Waals surface area contributed by atoms with E-state index in [1.807, 2.05) is 7.05 Å². The van der Waals surface area contributed by atoms with Gasteiger partial charge in [0.05, 0.1) is 0 Å². The standard InChI is InChI=1S/C8H20N2O/c1-9-7-8(10(2)3)5-4-6-11/h8-9,11H,4-7H2,1-3H3. The summed E-state index contributed by atoms with van der Waals surface area (Å²) in [6, 6.07) is 0.548. The quantitative estimate of drug-likeness (QED) is 0.570. The maximum Gasteiger partial charge on any atom is 0.0431 e. The van der Waals surface area contributed by atoms with Crippen LogP contribution < -0.4 is 5.32 Å². The van der Waals surface area contributed by atoms with Crippen molar-refractivity contribution in [2.24, 2.45) is 0 Å². The van der Waals surface area contributed by atoms with Crippen LogP contribution in [0, 0.1) is 0 Å². The van der Waals surface area contributed by atoms with Crippen molar-refractivity contribution in [3.05, 3.63) is 0 Å².